The molecule has 0 aliphatic carbocycles. The van der Waals surface area contributed by atoms with Crippen molar-refractivity contribution in [2.45, 2.75) is 12.5 Å². The van der Waals surface area contributed by atoms with Crippen molar-refractivity contribution in [3.05, 3.63) is 48.3 Å². The Kier molecular flexibility index (Phi) is 5.61. The molecule has 1 fully saturated rings. The van der Waals surface area contributed by atoms with Gasteiger partial charge in [-0.2, -0.15) is 0 Å². The molecule has 1 aliphatic rings. The minimum absolute atomic E-state index is 0.439. The predicted octanol–water partition coefficient (Wildman–Crippen LogP) is 1.73. The first kappa shape index (κ1) is 16.7. The number of ether oxygens (including phenoxy) is 1. The van der Waals surface area contributed by atoms with Crippen LogP contribution in [0.5, 0.6) is 5.75 Å². The van der Waals surface area contributed by atoms with Gasteiger partial charge in [0.1, 0.15) is 5.75 Å². The highest BCUT2D eigenvalue weighted by Gasteiger charge is 2.19. The lowest BCUT2D eigenvalue weighted by Gasteiger charge is -2.35. The summed E-state index contributed by atoms with van der Waals surface area (Å²) in [5.74, 6) is 1.61. The van der Waals surface area contributed by atoms with Gasteiger partial charge in [0, 0.05) is 45.1 Å². The largest absolute Gasteiger partial charge is 0.497 e. The van der Waals surface area contributed by atoms with Crippen molar-refractivity contribution in [3.63, 3.8) is 0 Å². The van der Waals surface area contributed by atoms with Crippen LogP contribution < -0.4 is 9.64 Å². The van der Waals surface area contributed by atoms with Gasteiger partial charge >= 0.3 is 0 Å². The van der Waals surface area contributed by atoms with Crippen LogP contribution >= 0.6 is 0 Å². The summed E-state index contributed by atoms with van der Waals surface area (Å²) in [6.07, 6.45) is 3.85. The van der Waals surface area contributed by atoms with E-state index in [1.54, 1.807) is 19.5 Å². The van der Waals surface area contributed by atoms with Crippen LogP contribution in [0.25, 0.3) is 0 Å². The molecule has 1 aromatic heterocycles. The maximum absolute atomic E-state index is 10.3. The van der Waals surface area contributed by atoms with Gasteiger partial charge in [0.25, 0.3) is 0 Å². The molecule has 0 spiro atoms. The van der Waals surface area contributed by atoms with E-state index in [9.17, 15) is 5.11 Å². The van der Waals surface area contributed by atoms with E-state index in [1.165, 1.54) is 0 Å². The van der Waals surface area contributed by atoms with E-state index in [4.69, 9.17) is 4.74 Å². The Bertz CT molecular complexity index is 613. The highest BCUT2D eigenvalue weighted by Crippen LogP contribution is 2.20. The maximum Gasteiger partial charge on any atom is 0.225 e. The van der Waals surface area contributed by atoms with Gasteiger partial charge in [-0.05, 0) is 30.2 Å². The highest BCUT2D eigenvalue weighted by molar-refractivity contribution is 5.29. The molecule has 128 valence electrons. The summed E-state index contributed by atoms with van der Waals surface area (Å²) in [6, 6.07) is 9.46. The van der Waals surface area contributed by atoms with E-state index in [0.29, 0.717) is 0 Å². The van der Waals surface area contributed by atoms with Crippen molar-refractivity contribution in [2.75, 3.05) is 44.7 Å². The van der Waals surface area contributed by atoms with E-state index in [0.717, 1.165) is 56.4 Å². The lowest BCUT2D eigenvalue weighted by Crippen LogP contribution is -2.47. The van der Waals surface area contributed by atoms with Crippen molar-refractivity contribution in [2.24, 2.45) is 0 Å². The van der Waals surface area contributed by atoms with Gasteiger partial charge in [0.05, 0.1) is 13.2 Å². The number of aliphatic hydroxyl groups is 1. The number of rotatable bonds is 6. The first-order chi connectivity index (χ1) is 11.8. The van der Waals surface area contributed by atoms with Gasteiger partial charge in [0.15, 0.2) is 0 Å². The van der Waals surface area contributed by atoms with Crippen molar-refractivity contribution in [3.8, 4) is 5.75 Å². The molecule has 0 amide bonds. The van der Waals surface area contributed by atoms with E-state index in [-0.39, 0.29) is 0 Å². The van der Waals surface area contributed by atoms with E-state index in [1.807, 2.05) is 30.3 Å². The normalized spacial score (nSPS) is 16.8. The second-order valence-electron chi connectivity index (χ2n) is 5.96. The van der Waals surface area contributed by atoms with Crippen LogP contribution in [0, 0.1) is 0 Å². The van der Waals surface area contributed by atoms with E-state index < -0.39 is 6.10 Å². The van der Waals surface area contributed by atoms with Crippen LogP contribution in [0.15, 0.2) is 42.7 Å². The van der Waals surface area contributed by atoms with Crippen LogP contribution in [0.1, 0.15) is 18.1 Å². The lowest BCUT2D eigenvalue weighted by molar-refractivity contribution is 0.139. The van der Waals surface area contributed by atoms with E-state index >= 15 is 0 Å². The number of nitrogens with zero attached hydrogens (tertiary/aromatic N) is 4. The monoisotopic (exact) mass is 328 g/mol. The zero-order chi connectivity index (χ0) is 16.8. The molecule has 0 bridgehead atoms. The predicted molar refractivity (Wildman–Crippen MR) is 93.3 cm³/mol. The minimum atomic E-state index is -0.439. The van der Waals surface area contributed by atoms with Crippen molar-refractivity contribution in [1.29, 1.82) is 0 Å². The number of piperazine rings is 1. The molecule has 1 atom stereocenters. The van der Waals surface area contributed by atoms with Crippen LogP contribution in [0.4, 0.5) is 5.95 Å². The fraction of sp³-hybridized carbons (Fsp3) is 0.444. The summed E-state index contributed by atoms with van der Waals surface area (Å²) < 4.78 is 5.15. The number of benzene rings is 1. The summed E-state index contributed by atoms with van der Waals surface area (Å²) in [7, 11) is 1.64. The number of hydrogen-bond acceptors (Lipinski definition) is 6. The molecule has 1 unspecified atom stereocenters. The number of hydrogen-bond donors (Lipinski definition) is 1. The smallest absolute Gasteiger partial charge is 0.225 e. The summed E-state index contributed by atoms with van der Waals surface area (Å²) in [5.41, 5.74) is 0.937. The number of methoxy groups -OCH3 is 1. The molecule has 1 saturated heterocycles. The quantitative estimate of drug-likeness (QED) is 0.871. The Morgan fingerprint density at radius 1 is 1.08 bits per heavy atom. The molecule has 2 heterocycles. The Morgan fingerprint density at radius 3 is 2.38 bits per heavy atom. The van der Waals surface area contributed by atoms with Gasteiger partial charge in [0.2, 0.25) is 5.95 Å². The second-order valence-corrected chi connectivity index (χ2v) is 5.96. The summed E-state index contributed by atoms with van der Waals surface area (Å²) in [5, 5.41) is 10.3. The third-order valence-electron chi connectivity index (χ3n) is 4.43. The Hall–Kier alpha value is -2.18. The third kappa shape index (κ3) is 4.21. The molecular formula is C18H24N4O2. The average molecular weight is 328 g/mol. The Labute approximate surface area is 142 Å². The summed E-state index contributed by atoms with van der Waals surface area (Å²) >= 11 is 0. The van der Waals surface area contributed by atoms with Crippen molar-refractivity contribution >= 4 is 5.95 Å². The molecular weight excluding hydrogens is 304 g/mol. The zero-order valence-electron chi connectivity index (χ0n) is 14.0. The maximum atomic E-state index is 10.3. The van der Waals surface area contributed by atoms with Crippen molar-refractivity contribution < 1.29 is 9.84 Å². The van der Waals surface area contributed by atoms with Gasteiger partial charge in [-0.25, -0.2) is 9.97 Å². The molecule has 1 aromatic carbocycles. The molecule has 24 heavy (non-hydrogen) atoms. The molecule has 3 rings (SSSR count). The molecule has 2 aromatic rings. The fourth-order valence-corrected chi connectivity index (χ4v) is 2.92. The second kappa shape index (κ2) is 8.08. The van der Waals surface area contributed by atoms with E-state index in [2.05, 4.69) is 19.8 Å². The first-order valence-electron chi connectivity index (χ1n) is 8.32. The van der Waals surface area contributed by atoms with Crippen LogP contribution in [-0.2, 0) is 0 Å². The average Bonchev–Trinajstić information content (AvgIpc) is 2.67. The zero-order valence-corrected chi connectivity index (χ0v) is 14.0. The summed E-state index contributed by atoms with van der Waals surface area (Å²) in [6.45, 7) is 4.66. The summed E-state index contributed by atoms with van der Waals surface area (Å²) in [4.78, 5) is 13.2. The Morgan fingerprint density at radius 2 is 1.75 bits per heavy atom. The minimum Gasteiger partial charge on any atom is -0.497 e. The molecule has 6 heteroatoms. The van der Waals surface area contributed by atoms with Gasteiger partial charge in [-0.3, -0.25) is 4.90 Å². The van der Waals surface area contributed by atoms with Crippen LogP contribution in [0.2, 0.25) is 0 Å². The molecule has 0 saturated carbocycles. The van der Waals surface area contributed by atoms with Gasteiger partial charge < -0.3 is 14.7 Å². The number of aliphatic hydroxyl groups excluding tert-OH is 1. The molecule has 1 N–H and O–H groups in total. The van der Waals surface area contributed by atoms with Crippen LogP contribution in [-0.4, -0.2) is 59.8 Å². The SMILES string of the molecule is COc1ccc(C(O)CCN2CCN(c3ncccn3)CC2)cc1. The lowest BCUT2D eigenvalue weighted by atomic mass is 10.1. The molecule has 6 nitrogen and oxygen atoms in total. The topological polar surface area (TPSA) is 61.7 Å². The number of anilines is 1. The van der Waals surface area contributed by atoms with Gasteiger partial charge in [-0.1, -0.05) is 12.1 Å². The number of aromatic nitrogens is 2. The van der Waals surface area contributed by atoms with Crippen molar-refractivity contribution in [1.82, 2.24) is 14.9 Å². The Balaban J connectivity index is 1.44. The third-order valence-corrected chi connectivity index (χ3v) is 4.43. The highest BCUT2D eigenvalue weighted by atomic mass is 16.5. The molecule has 1 aliphatic heterocycles. The van der Waals surface area contributed by atoms with Gasteiger partial charge in [-0.15, -0.1) is 0 Å². The van der Waals surface area contributed by atoms with Crippen LogP contribution in [0.3, 0.4) is 0 Å². The first-order valence-corrected chi connectivity index (χ1v) is 8.32. The standard InChI is InChI=1S/C18H24N4O2/c1-24-16-5-3-15(4-6-16)17(23)7-10-21-11-13-22(14-12-21)18-19-8-2-9-20-18/h2-6,8-9,17,23H,7,10-14H2,1H3. The molecule has 0 radical (unpaired) electrons. The fourth-order valence-electron chi connectivity index (χ4n) is 2.92.